The van der Waals surface area contributed by atoms with Gasteiger partial charge in [-0.25, -0.2) is 0 Å². The summed E-state index contributed by atoms with van der Waals surface area (Å²) in [5.41, 5.74) is 1.88. The first-order valence-electron chi connectivity index (χ1n) is 9.29. The maximum absolute atomic E-state index is 12.1. The average Bonchev–Trinajstić information content (AvgIpc) is 2.75. The molecule has 3 rings (SSSR count). The van der Waals surface area contributed by atoms with Crippen LogP contribution in [0.1, 0.15) is 5.56 Å². The van der Waals surface area contributed by atoms with Crippen LogP contribution in [0.5, 0.6) is 0 Å². The van der Waals surface area contributed by atoms with Gasteiger partial charge in [0.2, 0.25) is 0 Å². The molecule has 7 heteroatoms. The lowest BCUT2D eigenvalue weighted by atomic mass is 10.0. The number of rotatable bonds is 6. The van der Waals surface area contributed by atoms with Crippen molar-refractivity contribution in [1.29, 1.82) is 5.26 Å². The molecule has 28 heavy (non-hydrogen) atoms. The highest BCUT2D eigenvalue weighted by atomic mass is 16.3. The molecule has 2 aromatic rings. The summed E-state index contributed by atoms with van der Waals surface area (Å²) >= 11 is 0. The summed E-state index contributed by atoms with van der Waals surface area (Å²) in [6, 6.07) is 14.0. The second-order valence-corrected chi connectivity index (χ2v) is 6.74. The molecule has 1 aliphatic rings. The molecule has 7 nitrogen and oxygen atoms in total. The Morgan fingerprint density at radius 3 is 2.68 bits per heavy atom. The Hall–Kier alpha value is -2.92. The SMILES string of the molecule is N#C/C(=C\c1ccc2cc(N3CCNCC3)ccc2c1)C(=O)NCC(O)CO. The Bertz CT molecular complexity index is 913. The number of fused-ring (bicyclic) bond motifs is 1. The van der Waals surface area contributed by atoms with Gasteiger partial charge in [-0.15, -0.1) is 0 Å². The summed E-state index contributed by atoms with van der Waals surface area (Å²) in [6.45, 7) is 3.37. The smallest absolute Gasteiger partial charge is 0.262 e. The molecule has 0 bridgehead atoms. The maximum atomic E-state index is 12.1. The first-order valence-corrected chi connectivity index (χ1v) is 9.29. The quantitative estimate of drug-likeness (QED) is 0.432. The van der Waals surface area contributed by atoms with Crippen LogP contribution >= 0.6 is 0 Å². The molecule has 1 aliphatic heterocycles. The number of nitrogens with one attached hydrogen (secondary N) is 2. The van der Waals surface area contributed by atoms with E-state index in [1.54, 1.807) is 0 Å². The standard InChI is InChI=1S/C21H24N4O3/c22-12-18(21(28)24-13-20(27)14-26)10-15-1-2-17-11-19(4-3-16(17)9-15)25-7-5-23-6-8-25/h1-4,9-11,20,23,26-27H,5-8,13-14H2,(H,24,28)/b18-10+. The third kappa shape index (κ3) is 4.87. The largest absolute Gasteiger partial charge is 0.394 e. The first kappa shape index (κ1) is 19.8. The predicted octanol–water partition coefficient (Wildman–Crippen LogP) is 0.626. The number of nitrogens with zero attached hydrogens (tertiary/aromatic N) is 2. The van der Waals surface area contributed by atoms with E-state index in [4.69, 9.17) is 5.11 Å². The Balaban J connectivity index is 1.78. The van der Waals surface area contributed by atoms with Crippen LogP contribution in [0.3, 0.4) is 0 Å². The molecule has 4 N–H and O–H groups in total. The van der Waals surface area contributed by atoms with Crippen molar-refractivity contribution in [3.05, 3.63) is 47.5 Å². The summed E-state index contributed by atoms with van der Waals surface area (Å²) in [5, 5.41) is 35.3. The molecule has 1 unspecified atom stereocenters. The number of aliphatic hydroxyl groups excluding tert-OH is 2. The van der Waals surface area contributed by atoms with E-state index in [-0.39, 0.29) is 12.1 Å². The molecule has 1 saturated heterocycles. The molecule has 0 radical (unpaired) electrons. The molecule has 0 aromatic heterocycles. The lowest BCUT2D eigenvalue weighted by Crippen LogP contribution is -2.43. The van der Waals surface area contributed by atoms with E-state index in [9.17, 15) is 15.2 Å². The summed E-state index contributed by atoms with van der Waals surface area (Å²) in [7, 11) is 0. The number of aliphatic hydroxyl groups is 2. The number of hydrogen-bond donors (Lipinski definition) is 4. The van der Waals surface area contributed by atoms with E-state index in [0.717, 1.165) is 42.5 Å². The number of carbonyl (C=O) groups excluding carboxylic acids is 1. The van der Waals surface area contributed by atoms with Gasteiger partial charge in [-0.1, -0.05) is 18.2 Å². The van der Waals surface area contributed by atoms with E-state index in [2.05, 4.69) is 27.7 Å². The van der Waals surface area contributed by atoms with Crippen LogP contribution in [0.4, 0.5) is 5.69 Å². The van der Waals surface area contributed by atoms with E-state index in [0.29, 0.717) is 0 Å². The van der Waals surface area contributed by atoms with Gasteiger partial charge >= 0.3 is 0 Å². The van der Waals surface area contributed by atoms with Crippen molar-refractivity contribution >= 4 is 28.4 Å². The van der Waals surface area contributed by atoms with Gasteiger partial charge in [-0.05, 0) is 40.6 Å². The second-order valence-electron chi connectivity index (χ2n) is 6.74. The fourth-order valence-corrected chi connectivity index (χ4v) is 3.15. The summed E-state index contributed by atoms with van der Waals surface area (Å²) < 4.78 is 0. The highest BCUT2D eigenvalue weighted by molar-refractivity contribution is 6.02. The second kappa shape index (κ2) is 9.33. The molecule has 1 fully saturated rings. The maximum Gasteiger partial charge on any atom is 0.262 e. The van der Waals surface area contributed by atoms with Gasteiger partial charge < -0.3 is 25.7 Å². The van der Waals surface area contributed by atoms with Gasteiger partial charge in [-0.2, -0.15) is 5.26 Å². The van der Waals surface area contributed by atoms with E-state index in [1.165, 1.54) is 11.8 Å². The van der Waals surface area contributed by atoms with E-state index in [1.807, 2.05) is 30.3 Å². The van der Waals surface area contributed by atoms with Gasteiger partial charge in [0.05, 0.1) is 12.7 Å². The summed E-state index contributed by atoms with van der Waals surface area (Å²) in [6.07, 6.45) is 0.471. The van der Waals surface area contributed by atoms with Crippen molar-refractivity contribution in [2.75, 3.05) is 44.2 Å². The van der Waals surface area contributed by atoms with Gasteiger partial charge in [-0.3, -0.25) is 4.79 Å². The number of piperazine rings is 1. The van der Waals surface area contributed by atoms with Crippen molar-refractivity contribution in [2.45, 2.75) is 6.10 Å². The number of benzene rings is 2. The topological polar surface area (TPSA) is 109 Å². The fourth-order valence-electron chi connectivity index (χ4n) is 3.15. The minimum Gasteiger partial charge on any atom is -0.394 e. The molecule has 2 aromatic carbocycles. The van der Waals surface area contributed by atoms with E-state index >= 15 is 0 Å². The molecule has 1 heterocycles. The molecule has 146 valence electrons. The van der Waals surface area contributed by atoms with Gasteiger partial charge in [0.25, 0.3) is 5.91 Å². The normalized spacial score (nSPS) is 15.9. The van der Waals surface area contributed by atoms with Crippen LogP contribution in [0, 0.1) is 11.3 Å². The number of nitriles is 1. The molecule has 0 saturated carbocycles. The lowest BCUT2D eigenvalue weighted by Gasteiger charge is -2.29. The van der Waals surface area contributed by atoms with Crippen molar-refractivity contribution in [3.63, 3.8) is 0 Å². The number of anilines is 1. The Morgan fingerprint density at radius 1 is 1.25 bits per heavy atom. The molecular weight excluding hydrogens is 356 g/mol. The highest BCUT2D eigenvalue weighted by Gasteiger charge is 2.12. The summed E-state index contributed by atoms with van der Waals surface area (Å²) in [5.74, 6) is -0.579. The minimum absolute atomic E-state index is 0.0538. The Labute approximate surface area is 163 Å². The molecule has 1 atom stereocenters. The first-order chi connectivity index (χ1) is 13.6. The number of amides is 1. The van der Waals surface area contributed by atoms with Crippen molar-refractivity contribution in [3.8, 4) is 6.07 Å². The monoisotopic (exact) mass is 380 g/mol. The van der Waals surface area contributed by atoms with Gasteiger partial charge in [0.1, 0.15) is 11.6 Å². The zero-order valence-corrected chi connectivity index (χ0v) is 15.6. The highest BCUT2D eigenvalue weighted by Crippen LogP contribution is 2.24. The molecule has 1 amide bonds. The number of hydrogen-bond acceptors (Lipinski definition) is 6. The average molecular weight is 380 g/mol. The van der Waals surface area contributed by atoms with Crippen molar-refractivity contribution in [1.82, 2.24) is 10.6 Å². The molecular formula is C21H24N4O3. The predicted molar refractivity (Wildman–Crippen MR) is 109 cm³/mol. The third-order valence-electron chi connectivity index (χ3n) is 4.72. The van der Waals surface area contributed by atoms with Crippen LogP contribution in [0.15, 0.2) is 42.0 Å². The minimum atomic E-state index is -1.05. The van der Waals surface area contributed by atoms with Gasteiger partial charge in [0, 0.05) is 38.4 Å². The van der Waals surface area contributed by atoms with Crippen LogP contribution in [-0.4, -0.2) is 61.6 Å². The zero-order chi connectivity index (χ0) is 19.9. The fraction of sp³-hybridized carbons (Fsp3) is 0.333. The van der Waals surface area contributed by atoms with E-state index < -0.39 is 18.6 Å². The van der Waals surface area contributed by atoms with Crippen LogP contribution < -0.4 is 15.5 Å². The van der Waals surface area contributed by atoms with Crippen molar-refractivity contribution < 1.29 is 15.0 Å². The molecule has 0 aliphatic carbocycles. The zero-order valence-electron chi connectivity index (χ0n) is 15.6. The Kier molecular flexibility index (Phi) is 6.61. The van der Waals surface area contributed by atoms with Crippen LogP contribution in [-0.2, 0) is 4.79 Å². The Morgan fingerprint density at radius 2 is 1.96 bits per heavy atom. The van der Waals surface area contributed by atoms with Crippen molar-refractivity contribution in [2.24, 2.45) is 0 Å². The molecule has 0 spiro atoms. The third-order valence-corrected chi connectivity index (χ3v) is 4.72. The van der Waals surface area contributed by atoms with Crippen LogP contribution in [0.2, 0.25) is 0 Å². The summed E-state index contributed by atoms with van der Waals surface area (Å²) in [4.78, 5) is 14.4. The number of carbonyl (C=O) groups is 1. The van der Waals surface area contributed by atoms with Crippen LogP contribution in [0.25, 0.3) is 16.8 Å². The van der Waals surface area contributed by atoms with Gasteiger partial charge in [0.15, 0.2) is 0 Å². The lowest BCUT2D eigenvalue weighted by molar-refractivity contribution is -0.117.